The van der Waals surface area contributed by atoms with Gasteiger partial charge in [-0.25, -0.2) is 0 Å². The first kappa shape index (κ1) is 11.0. The Hall–Kier alpha value is -1.09. The molecule has 0 aliphatic heterocycles. The van der Waals surface area contributed by atoms with Crippen molar-refractivity contribution in [3.63, 3.8) is 0 Å². The monoisotopic (exact) mass is 208 g/mol. The fourth-order valence-electron chi connectivity index (χ4n) is 1.38. The lowest BCUT2D eigenvalue weighted by Gasteiger charge is -2.10. The van der Waals surface area contributed by atoms with E-state index in [2.05, 4.69) is 42.7 Å². The highest BCUT2D eigenvalue weighted by molar-refractivity contribution is 7.80. The van der Waals surface area contributed by atoms with Crippen molar-refractivity contribution in [3.05, 3.63) is 29.3 Å². The fraction of sp³-hybridized carbons (Fsp3) is 0.364. The second-order valence-electron chi connectivity index (χ2n) is 3.36. The van der Waals surface area contributed by atoms with E-state index in [4.69, 9.17) is 12.2 Å². The lowest BCUT2D eigenvalue weighted by Crippen LogP contribution is -2.27. The molecule has 0 atom stereocenters. The van der Waals surface area contributed by atoms with Crippen molar-refractivity contribution < 1.29 is 0 Å². The van der Waals surface area contributed by atoms with Gasteiger partial charge in [0.15, 0.2) is 5.11 Å². The Morgan fingerprint density at radius 2 is 1.79 bits per heavy atom. The summed E-state index contributed by atoms with van der Waals surface area (Å²) in [5, 5.41) is 6.88. The number of benzene rings is 1. The quantitative estimate of drug-likeness (QED) is 0.731. The standard InChI is InChI=1S/C11H16N2S/c1-4-12-11(14)13-10-6-8(2)5-9(3)7-10/h5-7H,4H2,1-3H3,(H2,12,13,14). The van der Waals surface area contributed by atoms with Crippen LogP contribution in [0.1, 0.15) is 18.1 Å². The molecule has 0 bridgehead atoms. The number of anilines is 1. The molecule has 2 nitrogen and oxygen atoms in total. The highest BCUT2D eigenvalue weighted by atomic mass is 32.1. The van der Waals surface area contributed by atoms with Crippen molar-refractivity contribution in [2.24, 2.45) is 0 Å². The summed E-state index contributed by atoms with van der Waals surface area (Å²) >= 11 is 5.10. The molecule has 3 heteroatoms. The first-order valence-corrected chi connectivity index (χ1v) is 5.16. The predicted molar refractivity (Wildman–Crippen MR) is 65.8 cm³/mol. The molecule has 0 saturated carbocycles. The topological polar surface area (TPSA) is 24.1 Å². The summed E-state index contributed by atoms with van der Waals surface area (Å²) < 4.78 is 0. The van der Waals surface area contributed by atoms with Gasteiger partial charge in [-0.05, 0) is 56.2 Å². The van der Waals surface area contributed by atoms with Crippen molar-refractivity contribution in [2.75, 3.05) is 11.9 Å². The van der Waals surface area contributed by atoms with Gasteiger partial charge in [-0.15, -0.1) is 0 Å². The number of thiocarbonyl (C=S) groups is 1. The first-order valence-electron chi connectivity index (χ1n) is 4.75. The van der Waals surface area contributed by atoms with Crippen LogP contribution in [0.2, 0.25) is 0 Å². The van der Waals surface area contributed by atoms with Gasteiger partial charge in [0, 0.05) is 12.2 Å². The molecule has 1 aromatic rings. The number of hydrogen-bond donors (Lipinski definition) is 2. The van der Waals surface area contributed by atoms with Crippen molar-refractivity contribution in [1.82, 2.24) is 5.32 Å². The van der Waals surface area contributed by atoms with Crippen LogP contribution in [0, 0.1) is 13.8 Å². The average Bonchev–Trinajstić information content (AvgIpc) is 2.01. The molecule has 1 aromatic carbocycles. The van der Waals surface area contributed by atoms with E-state index in [1.807, 2.05) is 6.92 Å². The molecule has 0 aliphatic carbocycles. The lowest BCUT2D eigenvalue weighted by molar-refractivity contribution is 0.979. The molecule has 0 aromatic heterocycles. The average molecular weight is 208 g/mol. The molecule has 0 saturated heterocycles. The van der Waals surface area contributed by atoms with Crippen LogP contribution in [0.5, 0.6) is 0 Å². The van der Waals surface area contributed by atoms with Gasteiger partial charge in [0.25, 0.3) is 0 Å². The molecule has 0 radical (unpaired) electrons. The van der Waals surface area contributed by atoms with E-state index >= 15 is 0 Å². The minimum Gasteiger partial charge on any atom is -0.363 e. The van der Waals surface area contributed by atoms with Crippen molar-refractivity contribution in [1.29, 1.82) is 0 Å². The van der Waals surface area contributed by atoms with Crippen LogP contribution in [-0.4, -0.2) is 11.7 Å². The van der Waals surface area contributed by atoms with E-state index < -0.39 is 0 Å². The van der Waals surface area contributed by atoms with E-state index in [1.165, 1.54) is 11.1 Å². The summed E-state index contributed by atoms with van der Waals surface area (Å²) in [7, 11) is 0. The third-order valence-electron chi connectivity index (χ3n) is 1.82. The third kappa shape index (κ3) is 3.34. The van der Waals surface area contributed by atoms with Crippen LogP contribution in [0.15, 0.2) is 18.2 Å². The van der Waals surface area contributed by atoms with E-state index in [1.54, 1.807) is 0 Å². The smallest absolute Gasteiger partial charge is 0.170 e. The Morgan fingerprint density at radius 1 is 1.21 bits per heavy atom. The molecular formula is C11H16N2S. The minimum absolute atomic E-state index is 0.678. The summed E-state index contributed by atoms with van der Waals surface area (Å²) in [6, 6.07) is 6.30. The molecule has 0 spiro atoms. The molecule has 76 valence electrons. The third-order valence-corrected chi connectivity index (χ3v) is 2.06. The zero-order valence-corrected chi connectivity index (χ0v) is 9.66. The van der Waals surface area contributed by atoms with Crippen molar-refractivity contribution in [3.8, 4) is 0 Å². The molecule has 0 aliphatic rings. The lowest BCUT2D eigenvalue weighted by atomic mass is 10.1. The number of nitrogens with one attached hydrogen (secondary N) is 2. The zero-order chi connectivity index (χ0) is 10.6. The van der Waals surface area contributed by atoms with Crippen LogP contribution in [0.3, 0.4) is 0 Å². The van der Waals surface area contributed by atoms with E-state index in [9.17, 15) is 0 Å². The molecule has 0 amide bonds. The Labute approximate surface area is 90.7 Å². The van der Waals surface area contributed by atoms with Crippen LogP contribution in [0.4, 0.5) is 5.69 Å². The largest absolute Gasteiger partial charge is 0.363 e. The number of hydrogen-bond acceptors (Lipinski definition) is 1. The Bertz CT molecular complexity index is 314. The second kappa shape index (κ2) is 4.96. The summed E-state index contributed by atoms with van der Waals surface area (Å²) in [6.07, 6.45) is 0. The maximum absolute atomic E-state index is 5.10. The molecular weight excluding hydrogens is 192 g/mol. The van der Waals surface area contributed by atoms with E-state index in [0.717, 1.165) is 12.2 Å². The first-order chi connectivity index (χ1) is 6.61. The highest BCUT2D eigenvalue weighted by Crippen LogP contribution is 2.13. The normalized spacial score (nSPS) is 9.64. The van der Waals surface area contributed by atoms with Gasteiger partial charge in [-0.3, -0.25) is 0 Å². The molecule has 14 heavy (non-hydrogen) atoms. The predicted octanol–water partition coefficient (Wildman–Crippen LogP) is 2.61. The molecule has 0 fully saturated rings. The van der Waals surface area contributed by atoms with Gasteiger partial charge in [0.05, 0.1) is 0 Å². The Kier molecular flexibility index (Phi) is 3.89. The van der Waals surface area contributed by atoms with Gasteiger partial charge in [0.1, 0.15) is 0 Å². The van der Waals surface area contributed by atoms with Crippen LogP contribution in [0.25, 0.3) is 0 Å². The fourth-order valence-corrected chi connectivity index (χ4v) is 1.64. The van der Waals surface area contributed by atoms with Crippen molar-refractivity contribution >= 4 is 23.0 Å². The van der Waals surface area contributed by atoms with E-state index in [0.29, 0.717) is 5.11 Å². The van der Waals surface area contributed by atoms with Gasteiger partial charge in [-0.1, -0.05) is 6.07 Å². The maximum atomic E-state index is 5.10. The summed E-state index contributed by atoms with van der Waals surface area (Å²) in [5.74, 6) is 0. The molecule has 0 unspecified atom stereocenters. The Balaban J connectivity index is 2.71. The van der Waals surface area contributed by atoms with Gasteiger partial charge in [-0.2, -0.15) is 0 Å². The highest BCUT2D eigenvalue weighted by Gasteiger charge is 1.97. The zero-order valence-electron chi connectivity index (χ0n) is 8.85. The van der Waals surface area contributed by atoms with Crippen LogP contribution >= 0.6 is 12.2 Å². The second-order valence-corrected chi connectivity index (χ2v) is 3.77. The molecule has 1 rings (SSSR count). The van der Waals surface area contributed by atoms with Crippen LogP contribution < -0.4 is 10.6 Å². The maximum Gasteiger partial charge on any atom is 0.170 e. The van der Waals surface area contributed by atoms with Crippen molar-refractivity contribution in [2.45, 2.75) is 20.8 Å². The van der Waals surface area contributed by atoms with Gasteiger partial charge in [0.2, 0.25) is 0 Å². The minimum atomic E-state index is 0.678. The Morgan fingerprint density at radius 3 is 2.29 bits per heavy atom. The summed E-state index contributed by atoms with van der Waals surface area (Å²) in [5.41, 5.74) is 3.53. The molecule has 0 heterocycles. The van der Waals surface area contributed by atoms with Gasteiger partial charge < -0.3 is 10.6 Å². The summed E-state index contributed by atoms with van der Waals surface area (Å²) in [6.45, 7) is 7.02. The number of rotatable bonds is 2. The SMILES string of the molecule is CCNC(=S)Nc1cc(C)cc(C)c1. The number of aryl methyl sites for hydroxylation is 2. The summed E-state index contributed by atoms with van der Waals surface area (Å²) in [4.78, 5) is 0. The van der Waals surface area contributed by atoms with Gasteiger partial charge >= 0.3 is 0 Å². The van der Waals surface area contributed by atoms with Crippen LogP contribution in [-0.2, 0) is 0 Å². The molecule has 2 N–H and O–H groups in total. The van der Waals surface area contributed by atoms with E-state index in [-0.39, 0.29) is 0 Å².